The third-order valence-electron chi connectivity index (χ3n) is 3.70. The maximum absolute atomic E-state index is 12.1. The molecule has 2 N–H and O–H groups in total. The van der Waals surface area contributed by atoms with Crippen molar-refractivity contribution in [1.29, 1.82) is 0 Å². The molecule has 2 aromatic carbocycles. The molecule has 0 atom stereocenters. The van der Waals surface area contributed by atoms with Gasteiger partial charge in [0.05, 0.1) is 10.7 Å². The molecule has 0 radical (unpaired) electrons. The fourth-order valence-electron chi connectivity index (χ4n) is 2.40. The zero-order chi connectivity index (χ0) is 20.1. The van der Waals surface area contributed by atoms with Gasteiger partial charge < -0.3 is 15.2 Å². The quantitative estimate of drug-likeness (QED) is 0.610. The number of benzene rings is 2. The summed E-state index contributed by atoms with van der Waals surface area (Å²) < 4.78 is 5.19. The monoisotopic (exact) mass is 418 g/mol. The molecule has 2 amide bonds. The van der Waals surface area contributed by atoms with Crippen LogP contribution in [0.5, 0.6) is 0 Å². The molecule has 3 rings (SSSR count). The van der Waals surface area contributed by atoms with E-state index in [4.69, 9.17) is 27.7 Å². The Hall–Kier alpha value is -2.90. The lowest BCUT2D eigenvalue weighted by Crippen LogP contribution is -2.13. The molecule has 144 valence electrons. The van der Waals surface area contributed by atoms with E-state index < -0.39 is 0 Å². The molecule has 0 saturated carbocycles. The van der Waals surface area contributed by atoms with E-state index in [1.165, 1.54) is 6.92 Å². The molecule has 1 heterocycles. The lowest BCUT2D eigenvalue weighted by Gasteiger charge is -2.08. The van der Waals surface area contributed by atoms with E-state index >= 15 is 0 Å². The summed E-state index contributed by atoms with van der Waals surface area (Å²) in [5, 5.41) is 10.2. The average molecular weight is 419 g/mol. The topological polar surface area (TPSA) is 97.1 Å². The van der Waals surface area contributed by atoms with Crippen molar-refractivity contribution in [3.05, 3.63) is 58.4 Å². The molecule has 0 spiro atoms. The molecule has 0 saturated heterocycles. The average Bonchev–Trinajstić information content (AvgIpc) is 3.12. The van der Waals surface area contributed by atoms with Crippen LogP contribution < -0.4 is 10.6 Å². The number of rotatable bonds is 6. The molecule has 0 aliphatic heterocycles. The number of hydrogen-bond donors (Lipinski definition) is 2. The number of carbonyl (C=O) groups is 2. The first kappa shape index (κ1) is 19.9. The van der Waals surface area contributed by atoms with Gasteiger partial charge in [0.2, 0.25) is 23.5 Å². The third-order valence-corrected chi connectivity index (χ3v) is 4.26. The van der Waals surface area contributed by atoms with Crippen molar-refractivity contribution in [2.24, 2.45) is 0 Å². The van der Waals surface area contributed by atoms with E-state index in [1.807, 2.05) is 0 Å². The van der Waals surface area contributed by atoms with Gasteiger partial charge in [-0.25, -0.2) is 0 Å². The van der Waals surface area contributed by atoms with E-state index in [9.17, 15) is 9.59 Å². The van der Waals surface area contributed by atoms with Crippen molar-refractivity contribution in [3.8, 4) is 11.4 Å². The summed E-state index contributed by atoms with van der Waals surface area (Å²) in [5.41, 5.74) is 1.78. The van der Waals surface area contributed by atoms with Gasteiger partial charge in [-0.2, -0.15) is 4.98 Å². The predicted octanol–water partition coefficient (Wildman–Crippen LogP) is 4.57. The second-order valence-electron chi connectivity index (χ2n) is 5.94. The number of aromatic nitrogens is 2. The van der Waals surface area contributed by atoms with E-state index in [2.05, 4.69) is 20.8 Å². The summed E-state index contributed by atoms with van der Waals surface area (Å²) >= 11 is 12.0. The first-order valence-electron chi connectivity index (χ1n) is 8.36. The summed E-state index contributed by atoms with van der Waals surface area (Å²) in [4.78, 5) is 27.5. The van der Waals surface area contributed by atoms with Crippen LogP contribution in [0, 0.1) is 0 Å². The summed E-state index contributed by atoms with van der Waals surface area (Å²) in [7, 11) is 0. The smallest absolute Gasteiger partial charge is 0.227 e. The standard InChI is InChI=1S/C19H16Cl2N4O3/c1-11(26)22-16-7-6-14(10-15(16)21)23-17(27)8-9-18-24-19(25-28-18)12-2-4-13(20)5-3-12/h2-7,10H,8-9H2,1H3,(H,22,26)(H,23,27). The number of nitrogens with zero attached hydrogens (tertiary/aromatic N) is 2. The van der Waals surface area contributed by atoms with Gasteiger partial charge in [-0.15, -0.1) is 0 Å². The summed E-state index contributed by atoms with van der Waals surface area (Å²) in [6.45, 7) is 1.39. The minimum absolute atomic E-state index is 0.160. The fraction of sp³-hybridized carbons (Fsp3) is 0.158. The highest BCUT2D eigenvalue weighted by Gasteiger charge is 2.12. The molecule has 1 aromatic heterocycles. The van der Waals surface area contributed by atoms with Gasteiger partial charge in [-0.05, 0) is 42.5 Å². The van der Waals surface area contributed by atoms with Crippen molar-refractivity contribution in [2.45, 2.75) is 19.8 Å². The van der Waals surface area contributed by atoms with Crippen LogP contribution in [0.25, 0.3) is 11.4 Å². The van der Waals surface area contributed by atoms with Gasteiger partial charge >= 0.3 is 0 Å². The van der Waals surface area contributed by atoms with Gasteiger partial charge in [-0.1, -0.05) is 28.4 Å². The molecular weight excluding hydrogens is 403 g/mol. The fourth-order valence-corrected chi connectivity index (χ4v) is 2.75. The molecule has 7 nitrogen and oxygen atoms in total. The van der Waals surface area contributed by atoms with Crippen LogP contribution in [-0.2, 0) is 16.0 Å². The van der Waals surface area contributed by atoms with Crippen LogP contribution in [-0.4, -0.2) is 22.0 Å². The van der Waals surface area contributed by atoms with Gasteiger partial charge in [0, 0.05) is 36.0 Å². The maximum Gasteiger partial charge on any atom is 0.227 e. The predicted molar refractivity (Wildman–Crippen MR) is 107 cm³/mol. The van der Waals surface area contributed by atoms with Crippen molar-refractivity contribution in [1.82, 2.24) is 10.1 Å². The Kier molecular flexibility index (Phi) is 6.28. The van der Waals surface area contributed by atoms with Gasteiger partial charge in [0.15, 0.2) is 0 Å². The molecule has 28 heavy (non-hydrogen) atoms. The van der Waals surface area contributed by atoms with Gasteiger partial charge in [0.25, 0.3) is 0 Å². The van der Waals surface area contributed by atoms with Crippen LogP contribution in [0.3, 0.4) is 0 Å². The molecule has 0 fully saturated rings. The molecule has 0 aliphatic rings. The van der Waals surface area contributed by atoms with Crippen molar-refractivity contribution in [2.75, 3.05) is 10.6 Å². The molecule has 9 heteroatoms. The van der Waals surface area contributed by atoms with E-state index in [0.717, 1.165) is 5.56 Å². The minimum Gasteiger partial charge on any atom is -0.339 e. The Balaban J connectivity index is 1.55. The minimum atomic E-state index is -0.227. The van der Waals surface area contributed by atoms with E-state index in [0.29, 0.717) is 39.6 Å². The van der Waals surface area contributed by atoms with Crippen LogP contribution in [0.15, 0.2) is 47.0 Å². The largest absolute Gasteiger partial charge is 0.339 e. The molecule has 0 unspecified atom stereocenters. The number of carbonyl (C=O) groups excluding carboxylic acids is 2. The second kappa shape index (κ2) is 8.86. The normalized spacial score (nSPS) is 10.5. The second-order valence-corrected chi connectivity index (χ2v) is 6.79. The number of aryl methyl sites for hydroxylation is 1. The molecule has 0 aliphatic carbocycles. The Morgan fingerprint density at radius 3 is 2.50 bits per heavy atom. The summed E-state index contributed by atoms with van der Waals surface area (Å²) in [5.74, 6) is 0.345. The van der Waals surface area contributed by atoms with Crippen LogP contribution in [0.2, 0.25) is 10.0 Å². The first-order valence-corrected chi connectivity index (χ1v) is 9.12. The van der Waals surface area contributed by atoms with Gasteiger partial charge in [0.1, 0.15) is 0 Å². The van der Waals surface area contributed by atoms with E-state index in [1.54, 1.807) is 42.5 Å². The maximum atomic E-state index is 12.1. The van der Waals surface area contributed by atoms with Crippen LogP contribution >= 0.6 is 23.2 Å². The summed E-state index contributed by atoms with van der Waals surface area (Å²) in [6, 6.07) is 11.9. The Morgan fingerprint density at radius 2 is 1.82 bits per heavy atom. The molecule has 3 aromatic rings. The number of hydrogen-bond acceptors (Lipinski definition) is 5. The number of nitrogens with one attached hydrogen (secondary N) is 2. The lowest BCUT2D eigenvalue weighted by atomic mass is 10.2. The third kappa shape index (κ3) is 5.31. The van der Waals surface area contributed by atoms with Crippen molar-refractivity contribution in [3.63, 3.8) is 0 Å². The Bertz CT molecular complexity index is 1000. The van der Waals surface area contributed by atoms with Gasteiger partial charge in [-0.3, -0.25) is 9.59 Å². The first-order chi connectivity index (χ1) is 13.4. The highest BCUT2D eigenvalue weighted by molar-refractivity contribution is 6.34. The number of anilines is 2. The number of amides is 2. The zero-order valence-corrected chi connectivity index (χ0v) is 16.3. The van der Waals surface area contributed by atoms with E-state index in [-0.39, 0.29) is 18.2 Å². The van der Waals surface area contributed by atoms with Crippen molar-refractivity contribution < 1.29 is 14.1 Å². The highest BCUT2D eigenvalue weighted by Crippen LogP contribution is 2.25. The van der Waals surface area contributed by atoms with Crippen molar-refractivity contribution >= 4 is 46.4 Å². The summed E-state index contributed by atoms with van der Waals surface area (Å²) in [6.07, 6.45) is 0.456. The number of halogens is 2. The van der Waals surface area contributed by atoms with Crippen LogP contribution in [0.1, 0.15) is 19.2 Å². The van der Waals surface area contributed by atoms with Crippen LogP contribution in [0.4, 0.5) is 11.4 Å². The Labute approximate surface area is 171 Å². The highest BCUT2D eigenvalue weighted by atomic mass is 35.5. The SMILES string of the molecule is CC(=O)Nc1ccc(NC(=O)CCc2nc(-c3ccc(Cl)cc3)no2)cc1Cl. The zero-order valence-electron chi connectivity index (χ0n) is 14.8. The lowest BCUT2D eigenvalue weighted by molar-refractivity contribution is -0.116. The Morgan fingerprint density at radius 1 is 1.07 bits per heavy atom. The molecule has 0 bridgehead atoms. The molecular formula is C19H16Cl2N4O3.